The molecule has 2 aromatic rings. The van der Waals surface area contributed by atoms with Gasteiger partial charge in [-0.05, 0) is 37.1 Å². The number of hydrogen-bond acceptors (Lipinski definition) is 5. The average molecular weight is 347 g/mol. The third-order valence-electron chi connectivity index (χ3n) is 4.55. The molecular formula is C16H15ClN4O3. The first-order chi connectivity index (χ1) is 11.6. The Morgan fingerprint density at radius 3 is 2.58 bits per heavy atom. The minimum absolute atomic E-state index is 0.0208. The van der Waals surface area contributed by atoms with Crippen LogP contribution in [-0.2, 0) is 11.3 Å². The van der Waals surface area contributed by atoms with Crippen molar-refractivity contribution in [2.24, 2.45) is 0 Å². The summed E-state index contributed by atoms with van der Waals surface area (Å²) in [6.07, 6.45) is 3.27. The zero-order valence-corrected chi connectivity index (χ0v) is 13.5. The van der Waals surface area contributed by atoms with Gasteiger partial charge < -0.3 is 9.73 Å². The number of urea groups is 1. The van der Waals surface area contributed by atoms with Crippen molar-refractivity contribution < 1.29 is 14.0 Å². The Labute approximate surface area is 143 Å². The summed E-state index contributed by atoms with van der Waals surface area (Å²) in [5.74, 6) is 0.346. The van der Waals surface area contributed by atoms with E-state index in [0.717, 1.165) is 23.3 Å². The van der Waals surface area contributed by atoms with Gasteiger partial charge in [-0.25, -0.2) is 4.79 Å². The van der Waals surface area contributed by atoms with Crippen molar-refractivity contribution >= 4 is 23.5 Å². The van der Waals surface area contributed by atoms with Crippen molar-refractivity contribution in [1.82, 2.24) is 20.4 Å². The highest BCUT2D eigenvalue weighted by molar-refractivity contribution is 6.30. The van der Waals surface area contributed by atoms with Crippen LogP contribution in [0.5, 0.6) is 0 Å². The van der Waals surface area contributed by atoms with Crippen molar-refractivity contribution in [3.8, 4) is 11.5 Å². The summed E-state index contributed by atoms with van der Waals surface area (Å²) in [7, 11) is 0. The Morgan fingerprint density at radius 2 is 1.88 bits per heavy atom. The van der Waals surface area contributed by atoms with Crippen LogP contribution in [0.2, 0.25) is 5.02 Å². The quantitative estimate of drug-likeness (QED) is 0.863. The van der Waals surface area contributed by atoms with E-state index in [4.69, 9.17) is 16.0 Å². The molecule has 1 N–H and O–H groups in total. The van der Waals surface area contributed by atoms with Gasteiger partial charge in [-0.2, -0.15) is 0 Å². The van der Waals surface area contributed by atoms with Crippen molar-refractivity contribution in [2.45, 2.75) is 37.8 Å². The predicted molar refractivity (Wildman–Crippen MR) is 85.0 cm³/mol. The van der Waals surface area contributed by atoms with Gasteiger partial charge in [0.2, 0.25) is 11.8 Å². The minimum atomic E-state index is -0.726. The number of amides is 3. The maximum Gasteiger partial charge on any atom is 0.325 e. The predicted octanol–water partition coefficient (Wildman–Crippen LogP) is 2.75. The Bertz CT molecular complexity index is 796. The normalized spacial score (nSPS) is 19.3. The number of hydrogen-bond donors (Lipinski definition) is 1. The molecular weight excluding hydrogens is 332 g/mol. The number of aromatic nitrogens is 2. The van der Waals surface area contributed by atoms with Crippen molar-refractivity contribution in [3.63, 3.8) is 0 Å². The summed E-state index contributed by atoms with van der Waals surface area (Å²) < 4.78 is 5.58. The molecule has 7 nitrogen and oxygen atoms in total. The number of benzene rings is 1. The zero-order valence-electron chi connectivity index (χ0n) is 12.8. The van der Waals surface area contributed by atoms with Crippen LogP contribution in [0.4, 0.5) is 4.79 Å². The minimum Gasteiger partial charge on any atom is -0.419 e. The molecule has 0 radical (unpaired) electrons. The molecule has 24 heavy (non-hydrogen) atoms. The van der Waals surface area contributed by atoms with E-state index in [1.165, 1.54) is 0 Å². The molecule has 1 aliphatic heterocycles. The lowest BCUT2D eigenvalue weighted by Gasteiger charge is -2.19. The standard InChI is InChI=1S/C16H15ClN4O3/c17-11-5-3-10(4-6-11)13-20-19-12(24-13)9-21-14(22)16(18-15(21)23)7-1-2-8-16/h3-6H,1-2,7-9H2,(H,18,23). The van der Waals surface area contributed by atoms with E-state index in [0.29, 0.717) is 23.8 Å². The second-order valence-electron chi connectivity index (χ2n) is 6.12. The number of carbonyl (C=O) groups is 2. The van der Waals surface area contributed by atoms with Gasteiger partial charge in [-0.1, -0.05) is 24.4 Å². The molecule has 1 aliphatic carbocycles. The molecule has 1 aromatic heterocycles. The molecule has 124 valence electrons. The molecule has 8 heteroatoms. The number of nitrogens with one attached hydrogen (secondary N) is 1. The maximum atomic E-state index is 12.6. The number of rotatable bonds is 3. The summed E-state index contributed by atoms with van der Waals surface area (Å²) in [6, 6.07) is 6.58. The topological polar surface area (TPSA) is 88.3 Å². The van der Waals surface area contributed by atoms with E-state index in [1.54, 1.807) is 24.3 Å². The van der Waals surface area contributed by atoms with E-state index < -0.39 is 11.6 Å². The number of carbonyl (C=O) groups excluding carboxylic acids is 2. The summed E-state index contributed by atoms with van der Waals surface area (Å²) in [5.41, 5.74) is -0.00144. The monoisotopic (exact) mass is 346 g/mol. The third-order valence-corrected chi connectivity index (χ3v) is 4.81. The lowest BCUT2D eigenvalue weighted by Crippen LogP contribution is -2.44. The fraction of sp³-hybridized carbons (Fsp3) is 0.375. The Balaban J connectivity index is 1.53. The summed E-state index contributed by atoms with van der Waals surface area (Å²) in [5, 5.41) is 11.3. The first-order valence-electron chi connectivity index (χ1n) is 7.80. The van der Waals surface area contributed by atoms with Gasteiger partial charge in [0.1, 0.15) is 12.1 Å². The lowest BCUT2D eigenvalue weighted by molar-refractivity contribution is -0.131. The molecule has 4 rings (SSSR count). The molecule has 2 aliphatic rings. The molecule has 1 saturated carbocycles. The lowest BCUT2D eigenvalue weighted by atomic mass is 9.98. The average Bonchev–Trinajstić information content (AvgIpc) is 3.27. The van der Waals surface area contributed by atoms with Crippen molar-refractivity contribution in [3.05, 3.63) is 35.2 Å². The molecule has 0 unspecified atom stereocenters. The smallest absolute Gasteiger partial charge is 0.325 e. The third kappa shape index (κ3) is 2.45. The fourth-order valence-electron chi connectivity index (χ4n) is 3.30. The van der Waals surface area contributed by atoms with Crippen molar-refractivity contribution in [2.75, 3.05) is 0 Å². The number of imide groups is 1. The van der Waals surface area contributed by atoms with E-state index in [2.05, 4.69) is 15.5 Å². The molecule has 1 spiro atoms. The molecule has 0 bridgehead atoms. The van der Waals surface area contributed by atoms with Gasteiger partial charge in [0.25, 0.3) is 5.91 Å². The van der Waals surface area contributed by atoms with Gasteiger partial charge in [0.05, 0.1) is 0 Å². The van der Waals surface area contributed by atoms with E-state index >= 15 is 0 Å². The SMILES string of the molecule is O=C1NC2(CCCC2)C(=O)N1Cc1nnc(-c2ccc(Cl)cc2)o1. The van der Waals surface area contributed by atoms with Gasteiger partial charge in [0.15, 0.2) is 0 Å². The van der Waals surface area contributed by atoms with E-state index in [1.807, 2.05) is 0 Å². The summed E-state index contributed by atoms with van der Waals surface area (Å²) in [6.45, 7) is -0.0208. The van der Waals surface area contributed by atoms with Crippen LogP contribution in [0.15, 0.2) is 28.7 Å². The van der Waals surface area contributed by atoms with E-state index in [9.17, 15) is 9.59 Å². The first kappa shape index (κ1) is 15.1. The van der Waals surface area contributed by atoms with Gasteiger partial charge >= 0.3 is 6.03 Å². The fourth-order valence-corrected chi connectivity index (χ4v) is 3.43. The first-order valence-corrected chi connectivity index (χ1v) is 8.18. The van der Waals surface area contributed by atoms with Crippen LogP contribution in [0, 0.1) is 0 Å². The zero-order chi connectivity index (χ0) is 16.7. The van der Waals surface area contributed by atoms with Crippen molar-refractivity contribution in [1.29, 1.82) is 0 Å². The van der Waals surface area contributed by atoms with Gasteiger partial charge in [-0.3, -0.25) is 9.69 Å². The van der Waals surface area contributed by atoms with Crippen LogP contribution in [0.3, 0.4) is 0 Å². The molecule has 3 amide bonds. The van der Waals surface area contributed by atoms with E-state index in [-0.39, 0.29) is 18.3 Å². The Hall–Kier alpha value is -2.41. The maximum absolute atomic E-state index is 12.6. The van der Waals surface area contributed by atoms with Gasteiger partial charge in [-0.15, -0.1) is 10.2 Å². The van der Waals surface area contributed by atoms with Crippen LogP contribution in [-0.4, -0.2) is 32.6 Å². The highest BCUT2D eigenvalue weighted by Crippen LogP contribution is 2.35. The molecule has 1 aromatic carbocycles. The van der Waals surface area contributed by atoms with Crippen LogP contribution < -0.4 is 5.32 Å². The molecule has 1 saturated heterocycles. The molecule has 2 heterocycles. The van der Waals surface area contributed by atoms with Crippen LogP contribution >= 0.6 is 11.6 Å². The van der Waals surface area contributed by atoms with Crippen LogP contribution in [0.1, 0.15) is 31.6 Å². The Morgan fingerprint density at radius 1 is 1.17 bits per heavy atom. The molecule has 0 atom stereocenters. The second-order valence-corrected chi connectivity index (χ2v) is 6.55. The largest absolute Gasteiger partial charge is 0.419 e. The molecule has 2 fully saturated rings. The van der Waals surface area contributed by atoms with Crippen LogP contribution in [0.25, 0.3) is 11.5 Å². The number of halogens is 1. The Kier molecular flexibility index (Phi) is 3.53. The number of nitrogens with zero attached hydrogens (tertiary/aromatic N) is 3. The highest BCUT2D eigenvalue weighted by Gasteiger charge is 2.52. The highest BCUT2D eigenvalue weighted by atomic mass is 35.5. The summed E-state index contributed by atoms with van der Waals surface area (Å²) >= 11 is 5.85. The second kappa shape index (κ2) is 5.59. The van der Waals surface area contributed by atoms with Gasteiger partial charge in [0, 0.05) is 10.6 Å². The summed E-state index contributed by atoms with van der Waals surface area (Å²) in [4.78, 5) is 25.9.